The first-order valence-corrected chi connectivity index (χ1v) is 8.48. The molecule has 2 aromatic carbocycles. The van der Waals surface area contributed by atoms with Gasteiger partial charge in [0.05, 0.1) is 11.8 Å². The Bertz CT molecular complexity index is 869. The van der Waals surface area contributed by atoms with Crippen molar-refractivity contribution in [2.24, 2.45) is 7.05 Å². The number of benzene rings is 2. The van der Waals surface area contributed by atoms with E-state index in [-0.39, 0.29) is 5.91 Å². The number of amides is 1. The maximum absolute atomic E-state index is 12.1. The lowest BCUT2D eigenvalue weighted by molar-refractivity contribution is 0.102. The summed E-state index contributed by atoms with van der Waals surface area (Å²) in [6.45, 7) is 4.24. The third-order valence-corrected chi connectivity index (χ3v) is 4.79. The van der Waals surface area contributed by atoms with E-state index in [2.05, 4.69) is 42.5 Å². The summed E-state index contributed by atoms with van der Waals surface area (Å²) >= 11 is 1.71. The molecule has 0 saturated carbocycles. The second kappa shape index (κ2) is 6.93. The number of aromatic nitrogens is 2. The number of carbonyl (C=O) groups excluding carboxylic acids is 1. The number of rotatable bonds is 4. The molecule has 122 valence electrons. The lowest BCUT2D eigenvalue weighted by atomic mass is 10.1. The van der Waals surface area contributed by atoms with Crippen molar-refractivity contribution in [1.82, 2.24) is 9.78 Å². The maximum atomic E-state index is 12.1. The number of aryl methyl sites for hydroxylation is 3. The lowest BCUT2D eigenvalue weighted by Crippen LogP contribution is -2.10. The molecule has 3 rings (SSSR count). The summed E-state index contributed by atoms with van der Waals surface area (Å²) in [7, 11) is 1.79. The highest BCUT2D eigenvalue weighted by molar-refractivity contribution is 7.99. The van der Waals surface area contributed by atoms with Gasteiger partial charge in [-0.2, -0.15) is 5.10 Å². The summed E-state index contributed by atoms with van der Waals surface area (Å²) in [5.41, 5.74) is 3.91. The Labute approximate surface area is 145 Å². The van der Waals surface area contributed by atoms with Crippen LogP contribution in [0.25, 0.3) is 0 Å². The van der Waals surface area contributed by atoms with E-state index in [4.69, 9.17) is 0 Å². The van der Waals surface area contributed by atoms with Gasteiger partial charge < -0.3 is 5.32 Å². The summed E-state index contributed by atoms with van der Waals surface area (Å²) in [4.78, 5) is 14.5. The minimum absolute atomic E-state index is 0.155. The van der Waals surface area contributed by atoms with Crippen LogP contribution in [0, 0.1) is 13.8 Å². The Morgan fingerprint density at radius 2 is 1.75 bits per heavy atom. The molecule has 0 aliphatic heterocycles. The van der Waals surface area contributed by atoms with Crippen LogP contribution in [0.4, 0.5) is 5.69 Å². The average Bonchev–Trinajstić information content (AvgIpc) is 2.99. The van der Waals surface area contributed by atoms with Crippen molar-refractivity contribution in [3.8, 4) is 0 Å². The Morgan fingerprint density at radius 1 is 1.04 bits per heavy atom. The molecule has 5 heteroatoms. The van der Waals surface area contributed by atoms with Crippen LogP contribution >= 0.6 is 11.8 Å². The highest BCUT2D eigenvalue weighted by Gasteiger charge is 2.08. The van der Waals surface area contributed by atoms with Crippen LogP contribution in [0.1, 0.15) is 21.5 Å². The molecule has 0 unspecified atom stereocenters. The predicted octanol–water partition coefficient (Wildman–Crippen LogP) is 4.44. The Morgan fingerprint density at radius 3 is 2.38 bits per heavy atom. The standard InChI is InChI=1S/C19H19N3OS/c1-13-4-7-18(10-14(13)2)24-17-8-5-16(6-9-17)21-19(23)15-11-20-22(3)12-15/h4-12H,1-3H3,(H,21,23). The summed E-state index contributed by atoms with van der Waals surface area (Å²) in [6, 6.07) is 14.3. The first-order valence-electron chi connectivity index (χ1n) is 7.66. The fraction of sp³-hybridized carbons (Fsp3) is 0.158. The molecule has 0 spiro atoms. The Hall–Kier alpha value is -2.53. The molecule has 1 aromatic heterocycles. The van der Waals surface area contributed by atoms with Crippen molar-refractivity contribution in [3.63, 3.8) is 0 Å². The van der Waals surface area contributed by atoms with Crippen LogP contribution in [0.5, 0.6) is 0 Å². The van der Waals surface area contributed by atoms with Gasteiger partial charge in [0.25, 0.3) is 5.91 Å². The van der Waals surface area contributed by atoms with E-state index >= 15 is 0 Å². The molecule has 0 saturated heterocycles. The molecule has 0 aliphatic carbocycles. The number of hydrogen-bond acceptors (Lipinski definition) is 3. The molecule has 1 amide bonds. The van der Waals surface area contributed by atoms with Crippen molar-refractivity contribution in [2.45, 2.75) is 23.6 Å². The average molecular weight is 337 g/mol. The SMILES string of the molecule is Cc1ccc(Sc2ccc(NC(=O)c3cnn(C)c3)cc2)cc1C. The highest BCUT2D eigenvalue weighted by atomic mass is 32.2. The normalized spacial score (nSPS) is 10.6. The maximum Gasteiger partial charge on any atom is 0.258 e. The molecule has 24 heavy (non-hydrogen) atoms. The van der Waals surface area contributed by atoms with Gasteiger partial charge in [0.2, 0.25) is 0 Å². The number of anilines is 1. The van der Waals surface area contributed by atoms with Gasteiger partial charge in [-0.3, -0.25) is 9.48 Å². The van der Waals surface area contributed by atoms with E-state index in [0.29, 0.717) is 5.56 Å². The number of carbonyl (C=O) groups is 1. The van der Waals surface area contributed by atoms with Crippen molar-refractivity contribution < 1.29 is 4.79 Å². The first kappa shape index (κ1) is 16.3. The quantitative estimate of drug-likeness (QED) is 0.765. The molecule has 0 atom stereocenters. The van der Waals surface area contributed by atoms with Gasteiger partial charge in [0.15, 0.2) is 0 Å². The smallest absolute Gasteiger partial charge is 0.258 e. The van der Waals surface area contributed by atoms with E-state index in [1.165, 1.54) is 16.0 Å². The number of nitrogens with zero attached hydrogens (tertiary/aromatic N) is 2. The minimum atomic E-state index is -0.155. The molecule has 0 fully saturated rings. The third-order valence-electron chi connectivity index (χ3n) is 3.79. The summed E-state index contributed by atoms with van der Waals surface area (Å²) in [6.07, 6.45) is 3.25. The van der Waals surface area contributed by atoms with E-state index in [9.17, 15) is 4.79 Å². The van der Waals surface area contributed by atoms with Crippen LogP contribution in [-0.2, 0) is 7.05 Å². The largest absolute Gasteiger partial charge is 0.322 e. The highest BCUT2D eigenvalue weighted by Crippen LogP contribution is 2.29. The zero-order valence-electron chi connectivity index (χ0n) is 13.9. The van der Waals surface area contributed by atoms with Crippen LogP contribution in [0.15, 0.2) is 64.6 Å². The zero-order chi connectivity index (χ0) is 17.1. The topological polar surface area (TPSA) is 46.9 Å². The molecule has 1 N–H and O–H groups in total. The van der Waals surface area contributed by atoms with Crippen LogP contribution < -0.4 is 5.32 Å². The van der Waals surface area contributed by atoms with Crippen molar-refractivity contribution in [1.29, 1.82) is 0 Å². The minimum Gasteiger partial charge on any atom is -0.322 e. The molecule has 0 bridgehead atoms. The second-order valence-electron chi connectivity index (χ2n) is 5.73. The second-order valence-corrected chi connectivity index (χ2v) is 6.88. The molecule has 4 nitrogen and oxygen atoms in total. The van der Waals surface area contributed by atoms with Crippen molar-refractivity contribution in [3.05, 3.63) is 71.5 Å². The zero-order valence-corrected chi connectivity index (χ0v) is 14.7. The van der Waals surface area contributed by atoms with Gasteiger partial charge in [-0.05, 0) is 61.4 Å². The molecule has 0 radical (unpaired) electrons. The predicted molar refractivity (Wildman–Crippen MR) is 97.6 cm³/mol. The van der Waals surface area contributed by atoms with E-state index < -0.39 is 0 Å². The summed E-state index contributed by atoms with van der Waals surface area (Å²) in [5, 5.41) is 6.88. The van der Waals surface area contributed by atoms with E-state index in [0.717, 1.165) is 10.6 Å². The Kier molecular flexibility index (Phi) is 4.71. The van der Waals surface area contributed by atoms with Crippen molar-refractivity contribution in [2.75, 3.05) is 5.32 Å². The van der Waals surface area contributed by atoms with Crippen LogP contribution in [0.3, 0.4) is 0 Å². The molecule has 1 heterocycles. The van der Waals surface area contributed by atoms with Gasteiger partial charge in [0, 0.05) is 28.7 Å². The first-order chi connectivity index (χ1) is 11.5. The van der Waals surface area contributed by atoms with Gasteiger partial charge in [-0.15, -0.1) is 0 Å². The fourth-order valence-electron chi connectivity index (χ4n) is 2.26. The Balaban J connectivity index is 1.66. The summed E-state index contributed by atoms with van der Waals surface area (Å²) in [5.74, 6) is -0.155. The number of nitrogens with one attached hydrogen (secondary N) is 1. The molecular formula is C19H19N3OS. The number of hydrogen-bond donors (Lipinski definition) is 1. The lowest BCUT2D eigenvalue weighted by Gasteiger charge is -2.07. The van der Waals surface area contributed by atoms with Gasteiger partial charge >= 0.3 is 0 Å². The van der Waals surface area contributed by atoms with Crippen molar-refractivity contribution >= 4 is 23.4 Å². The van der Waals surface area contributed by atoms with Crippen LogP contribution in [-0.4, -0.2) is 15.7 Å². The van der Waals surface area contributed by atoms with Gasteiger partial charge in [-0.25, -0.2) is 0 Å². The van der Waals surface area contributed by atoms with Gasteiger partial charge in [0.1, 0.15) is 0 Å². The van der Waals surface area contributed by atoms with E-state index in [1.807, 2.05) is 24.3 Å². The molecular weight excluding hydrogens is 318 g/mol. The monoisotopic (exact) mass is 337 g/mol. The fourth-order valence-corrected chi connectivity index (χ4v) is 3.18. The van der Waals surface area contributed by atoms with E-state index in [1.54, 1.807) is 35.9 Å². The van der Waals surface area contributed by atoms with Gasteiger partial charge in [-0.1, -0.05) is 17.8 Å². The van der Waals surface area contributed by atoms with Crippen LogP contribution in [0.2, 0.25) is 0 Å². The molecule has 3 aromatic rings. The summed E-state index contributed by atoms with van der Waals surface area (Å²) < 4.78 is 1.61. The molecule has 0 aliphatic rings. The third kappa shape index (κ3) is 3.86.